The molecule has 0 aromatic heterocycles. The number of nitrogens with zero attached hydrogens (tertiary/aromatic N) is 2. The predicted molar refractivity (Wildman–Crippen MR) is 249 cm³/mol. The van der Waals surface area contributed by atoms with E-state index in [1.165, 1.54) is 48.5 Å². The summed E-state index contributed by atoms with van der Waals surface area (Å²) in [4.78, 5) is 58.7. The molecule has 2 rings (SSSR count). The topological polar surface area (TPSA) is 283 Å². The summed E-state index contributed by atoms with van der Waals surface area (Å²) >= 11 is 0. The molecule has 65 heavy (non-hydrogen) atoms. The first-order valence-corrected chi connectivity index (χ1v) is 25.7. The average Bonchev–Trinajstić information content (AvgIpc) is 3.23. The van der Waals surface area contributed by atoms with Crippen LogP contribution in [0.4, 0.5) is 0 Å². The van der Waals surface area contributed by atoms with Crippen molar-refractivity contribution in [3.63, 3.8) is 0 Å². The van der Waals surface area contributed by atoms with E-state index in [0.717, 1.165) is 0 Å². The molecule has 4 atom stereocenters. The molecule has 18 nitrogen and oxygen atoms in total. The molecule has 11 N–H and O–H groups in total. The van der Waals surface area contributed by atoms with Crippen LogP contribution in [0.2, 0.25) is 0 Å². The van der Waals surface area contributed by atoms with Crippen molar-refractivity contribution in [2.45, 2.75) is 123 Å². The first-order chi connectivity index (χ1) is 30.2. The fourth-order valence-corrected chi connectivity index (χ4v) is 9.41. The van der Waals surface area contributed by atoms with Crippen molar-refractivity contribution in [3.8, 4) is 11.5 Å². The Hall–Kier alpha value is -1.83. The molecule has 0 aliphatic carbocycles. The number of rotatable bonds is 29. The smallest absolute Gasteiger partial charge is 0.342 e. The second-order valence-corrected chi connectivity index (χ2v) is 18.5. The van der Waals surface area contributed by atoms with Crippen LogP contribution in [0.3, 0.4) is 0 Å². The van der Waals surface area contributed by atoms with E-state index in [2.05, 4.69) is 20.8 Å². The van der Waals surface area contributed by atoms with Crippen molar-refractivity contribution in [1.82, 2.24) is 9.80 Å². The van der Waals surface area contributed by atoms with Crippen LogP contribution in [0.5, 0.6) is 11.5 Å². The molecular formula is C44H84FeN3O15P2+. The van der Waals surface area contributed by atoms with E-state index in [4.69, 9.17) is 19.7 Å². The summed E-state index contributed by atoms with van der Waals surface area (Å²) in [6.45, 7) is 16.5. The molecule has 2 aromatic rings. The van der Waals surface area contributed by atoms with Crippen LogP contribution in [0.25, 0.3) is 0 Å². The number of benzene rings is 2. The van der Waals surface area contributed by atoms with Crippen molar-refractivity contribution in [3.05, 3.63) is 59.7 Å². The minimum atomic E-state index is -4.97. The van der Waals surface area contributed by atoms with E-state index in [-0.39, 0.29) is 104 Å². The second kappa shape index (κ2) is 38.1. The van der Waals surface area contributed by atoms with Crippen molar-refractivity contribution in [2.75, 3.05) is 79.3 Å². The van der Waals surface area contributed by atoms with E-state index in [9.17, 15) is 53.9 Å². The Labute approximate surface area is 398 Å². The molecule has 0 saturated carbocycles. The largest absolute Gasteiger partial charge is 0.508 e. The molecule has 382 valence electrons. The normalized spacial score (nSPS) is 13.8. The maximum Gasteiger partial charge on any atom is 0.342 e. The minimum Gasteiger partial charge on any atom is -0.508 e. The molecule has 0 saturated heterocycles. The number of quaternary nitrogens is 1. The Morgan fingerprint density at radius 2 is 1.31 bits per heavy atom. The summed E-state index contributed by atoms with van der Waals surface area (Å²) in [5, 5.41) is 59.2. The van der Waals surface area contributed by atoms with Crippen molar-refractivity contribution in [1.29, 1.82) is 0 Å². The van der Waals surface area contributed by atoms with Gasteiger partial charge in [-0.1, -0.05) is 56.2 Å². The summed E-state index contributed by atoms with van der Waals surface area (Å²) in [5.74, 6) is -1.93. The van der Waals surface area contributed by atoms with Crippen LogP contribution in [-0.2, 0) is 47.0 Å². The number of aliphatic hydroxyl groups excluding tert-OH is 4. The van der Waals surface area contributed by atoms with Gasteiger partial charge in [0.2, 0.25) is 0 Å². The van der Waals surface area contributed by atoms with E-state index in [0.29, 0.717) is 26.1 Å². The maximum atomic E-state index is 13.0. The van der Waals surface area contributed by atoms with E-state index in [1.807, 2.05) is 0 Å². The SMILES string of the molecule is CCC(N(Cc1ccccc1O)C(CO)C(CO)(CCCCCC(=O)CCOCCOC)N(CP(=O)(O)O)C(C)c1ccccc1O)P(=O)(O)O.CCO.CCO.CC[NH+](CC)CC.[Fe]. The number of hydrogen-bond donors (Lipinski definition) is 11. The number of carbonyl (C=O) groups excluding carboxylic acids is 1. The Balaban J connectivity index is -0.00000241. The number of para-hydroxylation sites is 2. The molecule has 0 aliphatic heterocycles. The zero-order valence-electron chi connectivity index (χ0n) is 39.9. The summed E-state index contributed by atoms with van der Waals surface area (Å²) in [6, 6.07) is 9.89. The number of phenols is 2. The molecule has 0 fully saturated rings. The van der Waals surface area contributed by atoms with E-state index in [1.54, 1.807) is 69.2 Å². The van der Waals surface area contributed by atoms with Gasteiger partial charge in [-0.2, -0.15) is 0 Å². The number of phenolic OH excluding ortho intramolecular Hbond substituents is 2. The van der Waals surface area contributed by atoms with Crippen LogP contribution in [0.1, 0.15) is 111 Å². The number of Topliss-reactive ketones (excluding diaryl/α,β-unsaturated/α-hetero) is 1. The standard InChI is InChI=1S/C34H56N2O13P2.C6H15N.2C2H6O.Fe/c1-4-33(51(45,46)47)35(22-27-12-7-9-15-30(27)40)32(23-37)34(24-38,18-11-5-6-13-28(39)17-19-49-21-20-48-3)36(25-50(42,43)44)26(2)29-14-8-10-16-31(29)41;1-4-7(5-2)6-3;2*1-2-3;/h7-10,12,14-16,26,32-33,37-38,40-41H,4-6,11,13,17-25H2,1-3H3,(H2,42,43,44)(H2,45,46,47);4-6H2,1-3H3;2*3H,2H2,1H3;/p+1. The van der Waals surface area contributed by atoms with E-state index >= 15 is 0 Å². The third kappa shape index (κ3) is 26.5. The number of ether oxygens (including phenoxy) is 2. The van der Waals surface area contributed by atoms with Gasteiger partial charge in [0.1, 0.15) is 29.4 Å². The van der Waals surface area contributed by atoms with Crippen LogP contribution >= 0.6 is 15.2 Å². The monoisotopic (exact) mass is 1010 g/mol. The third-order valence-corrected chi connectivity index (χ3v) is 12.8. The van der Waals surface area contributed by atoms with Gasteiger partial charge in [0.25, 0.3) is 0 Å². The van der Waals surface area contributed by atoms with Crippen LogP contribution in [0.15, 0.2) is 48.5 Å². The molecule has 0 bridgehead atoms. The number of nitrogens with one attached hydrogen (secondary N) is 1. The zero-order chi connectivity index (χ0) is 49.4. The second-order valence-electron chi connectivity index (χ2n) is 15.1. The predicted octanol–water partition coefficient (Wildman–Crippen LogP) is 3.60. The Kier molecular flexibility index (Phi) is 39.5. The minimum absolute atomic E-state index is 0. The van der Waals surface area contributed by atoms with Crippen molar-refractivity contribution in [2.24, 2.45) is 0 Å². The molecule has 0 heterocycles. The van der Waals surface area contributed by atoms with Crippen molar-refractivity contribution >= 4 is 21.0 Å². The maximum absolute atomic E-state index is 13.0. The van der Waals surface area contributed by atoms with Gasteiger partial charge in [0, 0.05) is 73.9 Å². The molecule has 2 aromatic carbocycles. The number of unbranched alkanes of at least 4 members (excludes halogenated alkanes) is 2. The zero-order valence-corrected chi connectivity index (χ0v) is 42.8. The molecule has 0 aliphatic rings. The Morgan fingerprint density at radius 1 is 0.769 bits per heavy atom. The molecule has 0 spiro atoms. The van der Waals surface area contributed by atoms with Gasteiger partial charge in [-0.05, 0) is 72.9 Å². The van der Waals surface area contributed by atoms with Crippen LogP contribution in [-0.4, -0.2) is 162 Å². The fourth-order valence-electron chi connectivity index (χ4n) is 7.38. The van der Waals surface area contributed by atoms with Crippen LogP contribution in [0, 0.1) is 0 Å². The number of aromatic hydroxyl groups is 2. The van der Waals surface area contributed by atoms with Gasteiger partial charge in [0.15, 0.2) is 0 Å². The van der Waals surface area contributed by atoms with Crippen LogP contribution < -0.4 is 4.90 Å². The first kappa shape index (κ1) is 67.4. The molecule has 0 amide bonds. The average molecular weight is 1010 g/mol. The molecule has 4 unspecified atom stereocenters. The van der Waals surface area contributed by atoms with Gasteiger partial charge >= 0.3 is 15.2 Å². The number of hydrogen-bond acceptors (Lipinski definition) is 13. The van der Waals surface area contributed by atoms with Gasteiger partial charge in [-0.15, -0.1) is 0 Å². The third-order valence-electron chi connectivity index (χ3n) is 10.7. The number of methoxy groups -OCH3 is 1. The first-order valence-electron chi connectivity index (χ1n) is 22.3. The molecule has 21 heteroatoms. The fraction of sp³-hybridized carbons (Fsp3) is 0.705. The Bertz CT molecular complexity index is 1580. The summed E-state index contributed by atoms with van der Waals surface area (Å²) in [7, 11) is -8.36. The van der Waals surface area contributed by atoms with Gasteiger partial charge in [-0.3, -0.25) is 23.7 Å². The van der Waals surface area contributed by atoms with Gasteiger partial charge in [0.05, 0.1) is 64.2 Å². The van der Waals surface area contributed by atoms with E-state index < -0.39 is 58.1 Å². The quantitative estimate of drug-likeness (QED) is 0.0316. The Morgan fingerprint density at radius 3 is 1.74 bits per heavy atom. The molecular weight excluding hydrogens is 928 g/mol. The molecule has 0 radical (unpaired) electrons. The summed E-state index contributed by atoms with van der Waals surface area (Å²) in [5.41, 5.74) is -1.29. The summed E-state index contributed by atoms with van der Waals surface area (Å²) in [6.07, 6.45) is 0.482. The summed E-state index contributed by atoms with van der Waals surface area (Å²) < 4.78 is 36.1. The number of carbonyl (C=O) groups is 1. The number of aliphatic hydroxyl groups is 4. The van der Waals surface area contributed by atoms with Gasteiger partial charge in [-0.25, -0.2) is 0 Å². The van der Waals surface area contributed by atoms with Crippen molar-refractivity contribution < 1.29 is 95.6 Å². The van der Waals surface area contributed by atoms with Gasteiger partial charge < -0.3 is 64.6 Å². The number of ketones is 1.